The number of carbonyl (C=O) groups excluding carboxylic acids is 4. The van der Waals surface area contributed by atoms with Gasteiger partial charge in [0.1, 0.15) is 6.54 Å². The summed E-state index contributed by atoms with van der Waals surface area (Å²) in [5, 5.41) is -0.536. The Morgan fingerprint density at radius 3 is 2.59 bits per heavy atom. The first-order valence-electron chi connectivity index (χ1n) is 10.9. The van der Waals surface area contributed by atoms with Gasteiger partial charge in [-0.1, -0.05) is 19.9 Å². The number of thioether (sulfide) groups is 1. The lowest BCUT2D eigenvalue weighted by Gasteiger charge is -2.26. The van der Waals surface area contributed by atoms with Crippen LogP contribution in [0.3, 0.4) is 0 Å². The molecular formula is C23H28N2O8S. The van der Waals surface area contributed by atoms with Crippen molar-refractivity contribution in [3.05, 3.63) is 28.7 Å². The summed E-state index contributed by atoms with van der Waals surface area (Å²) in [6.07, 6.45) is 1.54. The number of benzene rings is 1. The molecule has 1 aromatic carbocycles. The predicted octanol–water partition coefficient (Wildman–Crippen LogP) is 2.17. The highest BCUT2D eigenvalue weighted by molar-refractivity contribution is 8.18. The molecule has 0 N–H and O–H groups in total. The van der Waals surface area contributed by atoms with Crippen LogP contribution in [-0.2, 0) is 23.9 Å². The first-order chi connectivity index (χ1) is 16.3. The molecule has 11 heteroatoms. The van der Waals surface area contributed by atoms with E-state index >= 15 is 0 Å². The third-order valence-corrected chi connectivity index (χ3v) is 5.85. The molecule has 184 valence electrons. The second kappa shape index (κ2) is 11.9. The molecule has 2 heterocycles. The first-order valence-corrected chi connectivity index (χ1v) is 11.7. The summed E-state index contributed by atoms with van der Waals surface area (Å²) in [7, 11) is 1.46. The molecule has 2 aliphatic rings. The summed E-state index contributed by atoms with van der Waals surface area (Å²) in [4.78, 5) is 51.8. The van der Waals surface area contributed by atoms with Crippen LogP contribution in [0.15, 0.2) is 23.1 Å². The lowest BCUT2D eigenvalue weighted by atomic mass is 10.2. The summed E-state index contributed by atoms with van der Waals surface area (Å²) in [5.41, 5.74) is 0.594. The zero-order valence-corrected chi connectivity index (χ0v) is 20.2. The van der Waals surface area contributed by atoms with Gasteiger partial charge < -0.3 is 23.8 Å². The van der Waals surface area contributed by atoms with Gasteiger partial charge in [-0.05, 0) is 41.5 Å². The van der Waals surface area contributed by atoms with E-state index in [0.717, 1.165) is 16.7 Å². The maximum Gasteiger partial charge on any atom is 0.326 e. The molecule has 0 spiro atoms. The molecule has 3 rings (SSSR count). The topological polar surface area (TPSA) is 112 Å². The zero-order valence-electron chi connectivity index (χ0n) is 19.4. The van der Waals surface area contributed by atoms with Crippen molar-refractivity contribution in [1.82, 2.24) is 9.80 Å². The van der Waals surface area contributed by atoms with Crippen LogP contribution in [-0.4, -0.2) is 86.0 Å². The number of imide groups is 1. The quantitative estimate of drug-likeness (QED) is 0.378. The van der Waals surface area contributed by atoms with Crippen LogP contribution in [0.5, 0.6) is 11.5 Å². The molecule has 2 saturated heterocycles. The van der Waals surface area contributed by atoms with Crippen molar-refractivity contribution in [2.45, 2.75) is 13.8 Å². The number of methoxy groups -OCH3 is 1. The highest BCUT2D eigenvalue weighted by atomic mass is 32.2. The number of esters is 1. The van der Waals surface area contributed by atoms with E-state index in [4.69, 9.17) is 18.9 Å². The van der Waals surface area contributed by atoms with Gasteiger partial charge in [-0.15, -0.1) is 0 Å². The number of ether oxygens (including phenoxy) is 4. The fourth-order valence-corrected chi connectivity index (χ4v) is 4.00. The van der Waals surface area contributed by atoms with E-state index in [1.165, 1.54) is 13.2 Å². The fraction of sp³-hybridized carbons (Fsp3) is 0.478. The second-order valence-electron chi connectivity index (χ2n) is 8.04. The molecule has 2 aliphatic heterocycles. The molecule has 0 atom stereocenters. The van der Waals surface area contributed by atoms with Crippen LogP contribution in [0.25, 0.3) is 6.08 Å². The van der Waals surface area contributed by atoms with Crippen molar-refractivity contribution in [2.75, 3.05) is 53.2 Å². The van der Waals surface area contributed by atoms with Gasteiger partial charge in [0.05, 0.1) is 31.8 Å². The van der Waals surface area contributed by atoms with E-state index in [9.17, 15) is 19.2 Å². The van der Waals surface area contributed by atoms with E-state index < -0.39 is 23.7 Å². The maximum absolute atomic E-state index is 12.6. The van der Waals surface area contributed by atoms with Crippen molar-refractivity contribution in [1.29, 1.82) is 0 Å². The van der Waals surface area contributed by atoms with Crippen molar-refractivity contribution in [3.8, 4) is 11.5 Å². The van der Waals surface area contributed by atoms with Gasteiger partial charge in [0, 0.05) is 13.1 Å². The molecule has 0 aromatic heterocycles. The van der Waals surface area contributed by atoms with Crippen molar-refractivity contribution >= 4 is 40.9 Å². The van der Waals surface area contributed by atoms with Crippen LogP contribution in [0.4, 0.5) is 4.79 Å². The third-order valence-electron chi connectivity index (χ3n) is 4.94. The summed E-state index contributed by atoms with van der Waals surface area (Å²) in [6.45, 7) is 5.51. The average Bonchev–Trinajstić information content (AvgIpc) is 3.09. The smallest absolute Gasteiger partial charge is 0.326 e. The van der Waals surface area contributed by atoms with Crippen molar-refractivity contribution in [3.63, 3.8) is 0 Å². The predicted molar refractivity (Wildman–Crippen MR) is 124 cm³/mol. The molecule has 1 aromatic rings. The fourth-order valence-electron chi connectivity index (χ4n) is 3.16. The standard InChI is InChI=1S/C23H28N2O8S/c1-15(2)13-33-21(27)12-25-22(28)19(34-23(25)29)11-16-4-5-17(18(10-16)30-3)32-14-20(26)24-6-8-31-9-7-24/h4-5,10-11,15H,6-9,12-14H2,1-3H3/b19-11-. The lowest BCUT2D eigenvalue weighted by Crippen LogP contribution is -2.43. The van der Waals surface area contributed by atoms with Gasteiger partial charge in [-0.2, -0.15) is 0 Å². The van der Waals surface area contributed by atoms with E-state index in [1.54, 1.807) is 23.1 Å². The van der Waals surface area contributed by atoms with Gasteiger partial charge in [0.2, 0.25) is 0 Å². The van der Waals surface area contributed by atoms with Crippen LogP contribution >= 0.6 is 11.8 Å². The first kappa shape index (κ1) is 25.6. The van der Waals surface area contributed by atoms with Gasteiger partial charge in [0.15, 0.2) is 18.1 Å². The largest absolute Gasteiger partial charge is 0.493 e. The van der Waals surface area contributed by atoms with E-state index in [2.05, 4.69) is 0 Å². The maximum atomic E-state index is 12.6. The second-order valence-corrected chi connectivity index (χ2v) is 9.03. The Balaban J connectivity index is 1.63. The summed E-state index contributed by atoms with van der Waals surface area (Å²) in [5.74, 6) is -0.436. The number of hydrogen-bond acceptors (Lipinski definition) is 9. The van der Waals surface area contributed by atoms with E-state index in [1.807, 2.05) is 13.8 Å². The van der Waals surface area contributed by atoms with Crippen LogP contribution in [0.1, 0.15) is 19.4 Å². The number of amides is 3. The molecule has 3 amide bonds. The Labute approximate surface area is 202 Å². The molecule has 10 nitrogen and oxygen atoms in total. The van der Waals surface area contributed by atoms with Crippen LogP contribution in [0.2, 0.25) is 0 Å². The summed E-state index contributed by atoms with van der Waals surface area (Å²) in [6, 6.07) is 4.95. The van der Waals surface area contributed by atoms with E-state index in [-0.39, 0.29) is 29.9 Å². The Morgan fingerprint density at radius 2 is 1.91 bits per heavy atom. The van der Waals surface area contributed by atoms with Crippen molar-refractivity contribution < 1.29 is 38.1 Å². The molecule has 34 heavy (non-hydrogen) atoms. The molecule has 0 bridgehead atoms. The number of carbonyl (C=O) groups is 4. The summed E-state index contributed by atoms with van der Waals surface area (Å²) >= 11 is 0.749. The Morgan fingerprint density at radius 1 is 1.18 bits per heavy atom. The number of hydrogen-bond donors (Lipinski definition) is 0. The monoisotopic (exact) mass is 492 g/mol. The Kier molecular flexibility index (Phi) is 8.94. The van der Waals surface area contributed by atoms with Gasteiger partial charge >= 0.3 is 5.97 Å². The van der Waals surface area contributed by atoms with Crippen LogP contribution in [0, 0.1) is 5.92 Å². The minimum absolute atomic E-state index is 0.137. The molecular weight excluding hydrogens is 464 g/mol. The van der Waals surface area contributed by atoms with Crippen molar-refractivity contribution in [2.24, 2.45) is 5.92 Å². The number of rotatable bonds is 9. The highest BCUT2D eigenvalue weighted by Gasteiger charge is 2.36. The zero-order chi connectivity index (χ0) is 24.7. The number of nitrogens with zero attached hydrogens (tertiary/aromatic N) is 2. The minimum Gasteiger partial charge on any atom is -0.493 e. The normalized spacial score (nSPS) is 17.5. The SMILES string of the molecule is COc1cc(/C=C2\SC(=O)N(CC(=O)OCC(C)C)C2=O)ccc1OCC(=O)N1CCOCC1. The van der Waals surface area contributed by atoms with Gasteiger partial charge in [-0.3, -0.25) is 24.1 Å². The van der Waals surface area contributed by atoms with Gasteiger partial charge in [-0.25, -0.2) is 0 Å². The molecule has 0 aliphatic carbocycles. The van der Waals surface area contributed by atoms with Crippen LogP contribution < -0.4 is 9.47 Å². The average molecular weight is 493 g/mol. The van der Waals surface area contributed by atoms with Gasteiger partial charge in [0.25, 0.3) is 17.1 Å². The Hall–Kier alpha value is -3.05. The number of morpholine rings is 1. The highest BCUT2D eigenvalue weighted by Crippen LogP contribution is 2.34. The molecule has 0 radical (unpaired) electrons. The summed E-state index contributed by atoms with van der Waals surface area (Å²) < 4.78 is 21.3. The molecule has 0 saturated carbocycles. The molecule has 0 unspecified atom stereocenters. The molecule has 2 fully saturated rings. The van der Waals surface area contributed by atoms with E-state index in [0.29, 0.717) is 43.4 Å². The lowest BCUT2D eigenvalue weighted by molar-refractivity contribution is -0.147. The minimum atomic E-state index is -0.632. The third kappa shape index (κ3) is 6.73. The Bertz CT molecular complexity index is 972.